The summed E-state index contributed by atoms with van der Waals surface area (Å²) in [4.78, 5) is 31.4. The number of aromatic nitrogens is 4. The molecule has 2 heterocycles. The fourth-order valence-electron chi connectivity index (χ4n) is 3.51. The normalized spacial score (nSPS) is 12.5. The molecule has 0 amide bonds. The number of rotatable bonds is 9. The molecular weight excluding hydrogens is 488 g/mol. The van der Waals surface area contributed by atoms with Crippen molar-refractivity contribution in [1.82, 2.24) is 19.1 Å². The smallest absolute Gasteiger partial charge is 0.329 e. The largest absolute Gasteiger partial charge is 0.497 e. The molecule has 0 spiro atoms. The third-order valence-corrected chi connectivity index (χ3v) is 5.74. The van der Waals surface area contributed by atoms with Crippen molar-refractivity contribution in [3.05, 3.63) is 80.0 Å². The molecule has 0 saturated carbocycles. The maximum atomic E-state index is 12.7. The van der Waals surface area contributed by atoms with Gasteiger partial charge >= 0.3 is 5.69 Å². The van der Waals surface area contributed by atoms with Crippen LogP contribution in [-0.2, 0) is 13.6 Å². The first kappa shape index (κ1) is 25.0. The van der Waals surface area contributed by atoms with Gasteiger partial charge in [0.2, 0.25) is 5.95 Å². The number of halogens is 1. The molecule has 12 heteroatoms. The Kier molecular flexibility index (Phi) is 7.41. The van der Waals surface area contributed by atoms with Gasteiger partial charge in [0, 0.05) is 12.1 Å². The van der Waals surface area contributed by atoms with E-state index in [2.05, 4.69) is 20.5 Å². The van der Waals surface area contributed by atoms with Gasteiger partial charge in [-0.1, -0.05) is 23.7 Å². The van der Waals surface area contributed by atoms with Gasteiger partial charge in [0.25, 0.3) is 5.56 Å². The monoisotopic (exact) mass is 512 g/mol. The Bertz CT molecular complexity index is 1510. The van der Waals surface area contributed by atoms with E-state index in [1.165, 1.54) is 16.2 Å². The zero-order chi connectivity index (χ0) is 25.8. The zero-order valence-electron chi connectivity index (χ0n) is 19.9. The molecule has 0 aliphatic rings. The van der Waals surface area contributed by atoms with Crippen molar-refractivity contribution in [3.8, 4) is 11.5 Å². The van der Waals surface area contributed by atoms with Crippen LogP contribution in [0.4, 0.5) is 5.95 Å². The topological polar surface area (TPSA) is 136 Å². The third-order valence-electron chi connectivity index (χ3n) is 5.49. The minimum atomic E-state index is -1.01. The summed E-state index contributed by atoms with van der Waals surface area (Å²) in [5, 5.41) is 15.7. The third kappa shape index (κ3) is 5.42. The molecule has 11 nitrogen and oxygen atoms in total. The van der Waals surface area contributed by atoms with Crippen LogP contribution in [0.5, 0.6) is 11.5 Å². The van der Waals surface area contributed by atoms with Crippen LogP contribution in [0, 0.1) is 0 Å². The molecule has 0 fully saturated rings. The number of aryl methyl sites for hydroxylation is 1. The molecular formula is C24H25ClN6O5. The van der Waals surface area contributed by atoms with Gasteiger partial charge in [-0.05, 0) is 48.9 Å². The maximum absolute atomic E-state index is 12.7. The van der Waals surface area contributed by atoms with Gasteiger partial charge in [0.1, 0.15) is 24.2 Å². The highest BCUT2D eigenvalue weighted by Gasteiger charge is 2.20. The Hall–Kier alpha value is -4.09. The molecule has 0 saturated heterocycles. The van der Waals surface area contributed by atoms with Gasteiger partial charge in [0.15, 0.2) is 11.2 Å². The van der Waals surface area contributed by atoms with E-state index in [-0.39, 0.29) is 30.3 Å². The molecule has 0 radical (unpaired) electrons. The van der Waals surface area contributed by atoms with Crippen LogP contribution in [0.2, 0.25) is 5.02 Å². The van der Waals surface area contributed by atoms with Crippen LogP contribution in [0.15, 0.2) is 63.2 Å². The van der Waals surface area contributed by atoms with Crippen LogP contribution >= 0.6 is 11.6 Å². The van der Waals surface area contributed by atoms with E-state index in [1.807, 2.05) is 12.1 Å². The van der Waals surface area contributed by atoms with E-state index in [0.717, 1.165) is 5.56 Å². The number of imidazole rings is 1. The number of anilines is 1. The molecule has 0 bridgehead atoms. The lowest BCUT2D eigenvalue weighted by Gasteiger charge is -2.15. The predicted octanol–water partition coefficient (Wildman–Crippen LogP) is 2.36. The predicted molar refractivity (Wildman–Crippen MR) is 137 cm³/mol. The number of nitrogens with one attached hydrogen (secondary N) is 2. The number of fused-ring (bicyclic) bond motifs is 1. The van der Waals surface area contributed by atoms with Crippen molar-refractivity contribution >= 4 is 34.4 Å². The number of methoxy groups -OCH3 is 1. The van der Waals surface area contributed by atoms with E-state index < -0.39 is 17.4 Å². The number of aromatic amines is 1. The number of aliphatic hydroxyl groups excluding tert-OH is 1. The van der Waals surface area contributed by atoms with Gasteiger partial charge in [0.05, 0.1) is 19.4 Å². The lowest BCUT2D eigenvalue weighted by molar-refractivity contribution is 0.0938. The lowest BCUT2D eigenvalue weighted by Crippen LogP contribution is -2.30. The molecule has 0 aliphatic carbocycles. The molecule has 1 atom stereocenters. The number of hydrazone groups is 1. The van der Waals surface area contributed by atoms with Gasteiger partial charge in [-0.3, -0.25) is 14.3 Å². The summed E-state index contributed by atoms with van der Waals surface area (Å²) in [7, 11) is 3.06. The quantitative estimate of drug-likeness (QED) is 0.231. The number of benzene rings is 2. The van der Waals surface area contributed by atoms with Crippen molar-refractivity contribution in [2.75, 3.05) is 19.1 Å². The number of nitrogens with zero attached hydrogens (tertiary/aromatic N) is 4. The molecule has 1 unspecified atom stereocenters. The standard InChI is InChI=1S/C24H25ClN6O5/c1-14(15-4-6-16(25)7-5-15)28-29-23-26-21-20(22(33)27-24(34)30(21)2)31(23)12-17(32)13-36-19-10-8-18(35-3)9-11-19/h4-11,17,32H,12-13H2,1-3H3,(H,26,29)(H,27,33,34). The molecule has 0 aliphatic heterocycles. The van der Waals surface area contributed by atoms with Crippen LogP contribution in [0.1, 0.15) is 12.5 Å². The van der Waals surface area contributed by atoms with Crippen molar-refractivity contribution < 1.29 is 14.6 Å². The molecule has 188 valence electrons. The minimum Gasteiger partial charge on any atom is -0.497 e. The summed E-state index contributed by atoms with van der Waals surface area (Å²) in [6.07, 6.45) is -1.01. The highest BCUT2D eigenvalue weighted by atomic mass is 35.5. The lowest BCUT2D eigenvalue weighted by atomic mass is 10.1. The summed E-state index contributed by atoms with van der Waals surface area (Å²) >= 11 is 5.96. The van der Waals surface area contributed by atoms with Crippen molar-refractivity contribution in [3.63, 3.8) is 0 Å². The average molecular weight is 513 g/mol. The van der Waals surface area contributed by atoms with Crippen LogP contribution in [0.25, 0.3) is 11.2 Å². The highest BCUT2D eigenvalue weighted by molar-refractivity contribution is 6.30. The maximum Gasteiger partial charge on any atom is 0.329 e. The number of ether oxygens (including phenoxy) is 2. The molecule has 4 rings (SSSR count). The SMILES string of the molecule is COc1ccc(OCC(O)Cn2c(NN=C(C)c3ccc(Cl)cc3)nc3c2c(=O)[nH]c(=O)n3C)cc1. The first-order valence-electron chi connectivity index (χ1n) is 11.0. The average Bonchev–Trinajstić information content (AvgIpc) is 3.24. The van der Waals surface area contributed by atoms with E-state index in [9.17, 15) is 14.7 Å². The minimum absolute atomic E-state index is 0.0498. The van der Waals surface area contributed by atoms with E-state index in [0.29, 0.717) is 22.2 Å². The Morgan fingerprint density at radius 1 is 1.17 bits per heavy atom. The van der Waals surface area contributed by atoms with E-state index >= 15 is 0 Å². The molecule has 2 aromatic heterocycles. The molecule has 3 N–H and O–H groups in total. The molecule has 36 heavy (non-hydrogen) atoms. The zero-order valence-corrected chi connectivity index (χ0v) is 20.6. The van der Waals surface area contributed by atoms with Gasteiger partial charge < -0.3 is 19.1 Å². The Morgan fingerprint density at radius 3 is 2.50 bits per heavy atom. The van der Waals surface area contributed by atoms with Crippen LogP contribution < -0.4 is 26.1 Å². The van der Waals surface area contributed by atoms with Gasteiger partial charge in [-0.25, -0.2) is 10.2 Å². The second kappa shape index (κ2) is 10.7. The fourth-order valence-corrected chi connectivity index (χ4v) is 3.64. The number of aliphatic hydroxyl groups is 1. The summed E-state index contributed by atoms with van der Waals surface area (Å²) in [6, 6.07) is 14.1. The Balaban J connectivity index is 1.62. The number of hydrogen-bond donors (Lipinski definition) is 3. The first-order chi connectivity index (χ1) is 17.3. The van der Waals surface area contributed by atoms with E-state index in [4.69, 9.17) is 21.1 Å². The van der Waals surface area contributed by atoms with Crippen molar-refractivity contribution in [2.45, 2.75) is 19.6 Å². The second-order valence-electron chi connectivity index (χ2n) is 7.99. The van der Waals surface area contributed by atoms with Crippen LogP contribution in [0.3, 0.4) is 0 Å². The van der Waals surface area contributed by atoms with Crippen LogP contribution in [-0.4, -0.2) is 49.7 Å². The Morgan fingerprint density at radius 2 is 1.83 bits per heavy atom. The number of hydrogen-bond acceptors (Lipinski definition) is 8. The molecule has 2 aromatic carbocycles. The van der Waals surface area contributed by atoms with E-state index in [1.54, 1.807) is 50.4 Å². The summed E-state index contributed by atoms with van der Waals surface area (Å²) in [5.41, 5.74) is 3.34. The first-order valence-corrected chi connectivity index (χ1v) is 11.4. The summed E-state index contributed by atoms with van der Waals surface area (Å²) < 4.78 is 13.5. The highest BCUT2D eigenvalue weighted by Crippen LogP contribution is 2.19. The second-order valence-corrected chi connectivity index (χ2v) is 8.43. The summed E-state index contributed by atoms with van der Waals surface area (Å²) in [6.45, 7) is 1.69. The fraction of sp³-hybridized carbons (Fsp3) is 0.250. The molecule has 4 aromatic rings. The van der Waals surface area contributed by atoms with Crippen molar-refractivity contribution in [1.29, 1.82) is 0 Å². The Labute approximate surface area is 210 Å². The van der Waals surface area contributed by atoms with Gasteiger partial charge in [-0.15, -0.1) is 0 Å². The van der Waals surface area contributed by atoms with Gasteiger partial charge in [-0.2, -0.15) is 10.1 Å². The number of H-pyrrole nitrogens is 1. The van der Waals surface area contributed by atoms with Crippen molar-refractivity contribution in [2.24, 2.45) is 12.1 Å². The summed E-state index contributed by atoms with van der Waals surface area (Å²) in [5.74, 6) is 1.41.